The van der Waals surface area contributed by atoms with E-state index in [-0.39, 0.29) is 5.91 Å². The van der Waals surface area contributed by atoms with E-state index in [0.717, 1.165) is 30.9 Å². The number of para-hydroxylation sites is 2. The van der Waals surface area contributed by atoms with Crippen molar-refractivity contribution in [2.75, 3.05) is 29.9 Å². The third-order valence-electron chi connectivity index (χ3n) is 3.54. The number of carbonyl (C=O) groups excluding carboxylic acids is 1. The molecule has 1 amide bonds. The van der Waals surface area contributed by atoms with Crippen LogP contribution in [0.4, 0.5) is 11.4 Å². The van der Waals surface area contributed by atoms with Crippen LogP contribution in [0.1, 0.15) is 11.3 Å². The van der Waals surface area contributed by atoms with E-state index in [0.29, 0.717) is 13.1 Å². The van der Waals surface area contributed by atoms with Crippen LogP contribution in [0.5, 0.6) is 0 Å². The van der Waals surface area contributed by atoms with Gasteiger partial charge >= 0.3 is 0 Å². The Morgan fingerprint density at radius 2 is 2.19 bits per heavy atom. The van der Waals surface area contributed by atoms with Crippen LogP contribution in [0.3, 0.4) is 0 Å². The lowest BCUT2D eigenvalue weighted by molar-refractivity contribution is -0.119. The first kappa shape index (κ1) is 13.9. The second-order valence-electron chi connectivity index (χ2n) is 5.08. The van der Waals surface area contributed by atoms with Crippen LogP contribution < -0.4 is 15.5 Å². The molecule has 5 heteroatoms. The van der Waals surface area contributed by atoms with Gasteiger partial charge < -0.3 is 15.5 Å². The first-order valence-corrected chi connectivity index (χ1v) is 8.08. The number of benzene rings is 1. The highest BCUT2D eigenvalue weighted by Gasteiger charge is 2.16. The van der Waals surface area contributed by atoms with Crippen molar-refractivity contribution in [3.63, 3.8) is 0 Å². The Morgan fingerprint density at radius 1 is 1.29 bits per heavy atom. The summed E-state index contributed by atoms with van der Waals surface area (Å²) in [4.78, 5) is 15.5. The summed E-state index contributed by atoms with van der Waals surface area (Å²) >= 11 is 1.66. The van der Waals surface area contributed by atoms with E-state index < -0.39 is 0 Å². The average molecular weight is 301 g/mol. The average Bonchev–Trinajstić information content (AvgIpc) is 2.94. The van der Waals surface area contributed by atoms with Crippen LogP contribution in [-0.4, -0.2) is 25.5 Å². The van der Waals surface area contributed by atoms with Crippen molar-refractivity contribution in [1.29, 1.82) is 0 Å². The Morgan fingerprint density at radius 3 is 3.05 bits per heavy atom. The minimum absolute atomic E-state index is 0.0695. The topological polar surface area (TPSA) is 44.4 Å². The van der Waals surface area contributed by atoms with E-state index in [4.69, 9.17) is 0 Å². The van der Waals surface area contributed by atoms with Gasteiger partial charge in [0.15, 0.2) is 0 Å². The number of nitrogens with one attached hydrogen (secondary N) is 2. The summed E-state index contributed by atoms with van der Waals surface area (Å²) < 4.78 is 0. The standard InChI is InChI=1S/C16H19N3OS/c20-16(18-11-13-5-3-10-21-13)12-19-9-4-8-17-14-6-1-2-7-15(14)19/h1-3,5-7,10,17H,4,8-9,11-12H2,(H,18,20). The van der Waals surface area contributed by atoms with Crippen molar-refractivity contribution in [3.05, 3.63) is 46.7 Å². The maximum atomic E-state index is 12.2. The van der Waals surface area contributed by atoms with Gasteiger partial charge in [0.05, 0.1) is 24.5 Å². The molecule has 2 heterocycles. The van der Waals surface area contributed by atoms with Gasteiger partial charge in [-0.25, -0.2) is 0 Å². The quantitative estimate of drug-likeness (QED) is 0.912. The van der Waals surface area contributed by atoms with Crippen molar-refractivity contribution in [1.82, 2.24) is 5.32 Å². The maximum absolute atomic E-state index is 12.2. The summed E-state index contributed by atoms with van der Waals surface area (Å²) in [6, 6.07) is 12.2. The molecule has 0 saturated heterocycles. The molecular weight excluding hydrogens is 282 g/mol. The predicted molar refractivity (Wildman–Crippen MR) is 87.9 cm³/mol. The number of rotatable bonds is 4. The molecule has 0 unspecified atom stereocenters. The zero-order valence-corrected chi connectivity index (χ0v) is 12.7. The monoisotopic (exact) mass is 301 g/mol. The Hall–Kier alpha value is -2.01. The molecule has 0 atom stereocenters. The molecule has 0 radical (unpaired) electrons. The van der Waals surface area contributed by atoms with E-state index >= 15 is 0 Å². The van der Waals surface area contributed by atoms with Gasteiger partial charge in [-0.2, -0.15) is 0 Å². The molecule has 0 bridgehead atoms. The van der Waals surface area contributed by atoms with Gasteiger partial charge in [-0.15, -0.1) is 11.3 Å². The van der Waals surface area contributed by atoms with Crippen molar-refractivity contribution < 1.29 is 4.79 Å². The smallest absolute Gasteiger partial charge is 0.239 e. The van der Waals surface area contributed by atoms with Crippen LogP contribution in [0.2, 0.25) is 0 Å². The molecule has 1 aromatic carbocycles. The molecule has 4 nitrogen and oxygen atoms in total. The lowest BCUT2D eigenvalue weighted by Crippen LogP contribution is -2.37. The van der Waals surface area contributed by atoms with Crippen molar-refractivity contribution in [2.45, 2.75) is 13.0 Å². The SMILES string of the molecule is O=C(CN1CCCNc2ccccc21)NCc1cccs1. The number of nitrogens with zero attached hydrogens (tertiary/aromatic N) is 1. The van der Waals surface area contributed by atoms with E-state index in [1.807, 2.05) is 29.6 Å². The number of carbonyl (C=O) groups is 1. The second-order valence-corrected chi connectivity index (χ2v) is 6.11. The molecule has 1 aliphatic rings. The molecule has 3 rings (SSSR count). The summed E-state index contributed by atoms with van der Waals surface area (Å²) in [7, 11) is 0. The fourth-order valence-electron chi connectivity index (χ4n) is 2.50. The maximum Gasteiger partial charge on any atom is 0.239 e. The summed E-state index contributed by atoms with van der Waals surface area (Å²) in [6.07, 6.45) is 1.03. The fourth-order valence-corrected chi connectivity index (χ4v) is 3.15. The zero-order valence-electron chi connectivity index (χ0n) is 11.8. The molecule has 0 saturated carbocycles. The number of amides is 1. The molecule has 21 heavy (non-hydrogen) atoms. The van der Waals surface area contributed by atoms with Gasteiger partial charge in [-0.3, -0.25) is 4.79 Å². The number of fused-ring (bicyclic) bond motifs is 1. The van der Waals surface area contributed by atoms with Crippen LogP contribution in [0.15, 0.2) is 41.8 Å². The molecule has 1 aromatic heterocycles. The highest BCUT2D eigenvalue weighted by atomic mass is 32.1. The normalized spacial score (nSPS) is 14.0. The van der Waals surface area contributed by atoms with Crippen molar-refractivity contribution >= 4 is 28.6 Å². The molecule has 0 aliphatic carbocycles. The molecule has 110 valence electrons. The Labute approximate surface area is 128 Å². The zero-order chi connectivity index (χ0) is 14.5. The molecule has 2 aromatic rings. The van der Waals surface area contributed by atoms with Gasteiger partial charge in [0.25, 0.3) is 0 Å². The summed E-state index contributed by atoms with van der Waals surface area (Å²) in [6.45, 7) is 2.87. The molecular formula is C16H19N3OS. The summed E-state index contributed by atoms with van der Waals surface area (Å²) in [5.41, 5.74) is 2.22. The number of hydrogen-bond acceptors (Lipinski definition) is 4. The number of thiophene rings is 1. The van der Waals surface area contributed by atoms with Gasteiger partial charge in [0.1, 0.15) is 0 Å². The third kappa shape index (κ3) is 3.55. The molecule has 0 fully saturated rings. The van der Waals surface area contributed by atoms with Gasteiger partial charge in [-0.1, -0.05) is 18.2 Å². The molecule has 1 aliphatic heterocycles. The van der Waals surface area contributed by atoms with E-state index in [1.54, 1.807) is 11.3 Å². The van der Waals surface area contributed by atoms with Crippen LogP contribution in [-0.2, 0) is 11.3 Å². The Kier molecular flexibility index (Phi) is 4.40. The highest BCUT2D eigenvalue weighted by molar-refractivity contribution is 7.09. The Balaban J connectivity index is 1.62. The van der Waals surface area contributed by atoms with Gasteiger partial charge in [0, 0.05) is 18.0 Å². The minimum Gasteiger partial charge on any atom is -0.383 e. The van der Waals surface area contributed by atoms with E-state index in [2.05, 4.69) is 27.7 Å². The number of anilines is 2. The summed E-state index contributed by atoms with van der Waals surface area (Å²) in [5, 5.41) is 8.43. The molecule has 2 N–H and O–H groups in total. The lowest BCUT2D eigenvalue weighted by Gasteiger charge is -2.23. The first-order valence-electron chi connectivity index (χ1n) is 7.20. The fraction of sp³-hybridized carbons (Fsp3) is 0.312. The molecule has 0 spiro atoms. The van der Waals surface area contributed by atoms with Crippen molar-refractivity contribution in [2.24, 2.45) is 0 Å². The van der Waals surface area contributed by atoms with Crippen LogP contribution >= 0.6 is 11.3 Å². The predicted octanol–water partition coefficient (Wildman–Crippen LogP) is 2.69. The summed E-state index contributed by atoms with van der Waals surface area (Å²) in [5.74, 6) is 0.0695. The third-order valence-corrected chi connectivity index (χ3v) is 4.42. The second kappa shape index (κ2) is 6.63. The number of hydrogen-bond donors (Lipinski definition) is 2. The Bertz CT molecular complexity index is 597. The van der Waals surface area contributed by atoms with Gasteiger partial charge in [-0.05, 0) is 30.0 Å². The van der Waals surface area contributed by atoms with E-state index in [9.17, 15) is 4.79 Å². The van der Waals surface area contributed by atoms with E-state index in [1.165, 1.54) is 4.88 Å². The van der Waals surface area contributed by atoms with Crippen LogP contribution in [0, 0.1) is 0 Å². The largest absolute Gasteiger partial charge is 0.383 e. The lowest BCUT2D eigenvalue weighted by atomic mass is 10.2. The highest BCUT2D eigenvalue weighted by Crippen LogP contribution is 2.27. The van der Waals surface area contributed by atoms with Crippen molar-refractivity contribution in [3.8, 4) is 0 Å². The first-order chi connectivity index (χ1) is 10.3. The minimum atomic E-state index is 0.0695. The van der Waals surface area contributed by atoms with Gasteiger partial charge in [0.2, 0.25) is 5.91 Å². The van der Waals surface area contributed by atoms with Crippen LogP contribution in [0.25, 0.3) is 0 Å².